The van der Waals surface area contributed by atoms with E-state index in [0.29, 0.717) is 0 Å². The van der Waals surface area contributed by atoms with Gasteiger partial charge in [0.15, 0.2) is 9.84 Å². The summed E-state index contributed by atoms with van der Waals surface area (Å²) in [7, 11) is -3.52. The van der Waals surface area contributed by atoms with Crippen molar-refractivity contribution in [2.24, 2.45) is 0 Å². The van der Waals surface area contributed by atoms with Crippen molar-refractivity contribution in [2.75, 3.05) is 6.26 Å². The lowest BCUT2D eigenvalue weighted by atomic mass is 10.1. The summed E-state index contributed by atoms with van der Waals surface area (Å²) in [6, 6.07) is 2.37. The van der Waals surface area contributed by atoms with Gasteiger partial charge in [0.2, 0.25) is 0 Å². The Morgan fingerprint density at radius 3 is 2.44 bits per heavy atom. The molecule has 0 radical (unpaired) electrons. The molecule has 0 spiro atoms. The summed E-state index contributed by atoms with van der Waals surface area (Å²) in [4.78, 5) is 22.6. The highest BCUT2D eigenvalue weighted by molar-refractivity contribution is 7.90. The zero-order chi connectivity index (χ0) is 13.5. The lowest BCUT2D eigenvalue weighted by Gasteiger charge is -2.12. The fourth-order valence-electron chi connectivity index (χ4n) is 1.72. The quantitative estimate of drug-likeness (QED) is 0.781. The Kier molecular flexibility index (Phi) is 3.04. The molecule has 2 rings (SSSR count). The normalized spacial score (nSPS) is 19.6. The number of halogens is 1. The van der Waals surface area contributed by atoms with Gasteiger partial charge in [-0.25, -0.2) is 13.2 Å². The number of benzene rings is 1. The molecule has 1 fully saturated rings. The van der Waals surface area contributed by atoms with Crippen LogP contribution in [0.25, 0.3) is 0 Å². The Hall–Kier alpha value is -1.60. The molecule has 1 aliphatic heterocycles. The van der Waals surface area contributed by atoms with E-state index < -0.39 is 27.8 Å². The first kappa shape index (κ1) is 12.8. The molecule has 1 aromatic carbocycles. The van der Waals surface area contributed by atoms with Crippen molar-refractivity contribution in [1.82, 2.24) is 10.6 Å². The first-order valence-electron chi connectivity index (χ1n) is 4.90. The van der Waals surface area contributed by atoms with Crippen molar-refractivity contribution < 1.29 is 18.0 Å². The van der Waals surface area contributed by atoms with Gasteiger partial charge in [-0.05, 0) is 18.2 Å². The fraction of sp³-hybridized carbons (Fsp3) is 0.200. The van der Waals surface area contributed by atoms with Crippen LogP contribution in [0.1, 0.15) is 11.6 Å². The molecule has 2 N–H and O–H groups in total. The Labute approximate surface area is 108 Å². The maximum Gasteiger partial charge on any atom is 0.322 e. The van der Waals surface area contributed by atoms with Crippen LogP contribution in [0.2, 0.25) is 5.02 Å². The third-order valence-electron chi connectivity index (χ3n) is 2.46. The predicted octanol–water partition coefficient (Wildman–Crippen LogP) is 0.624. The summed E-state index contributed by atoms with van der Waals surface area (Å²) in [5, 5.41) is 4.66. The zero-order valence-corrected chi connectivity index (χ0v) is 10.8. The summed E-state index contributed by atoms with van der Waals surface area (Å²) in [6.45, 7) is 0. The summed E-state index contributed by atoms with van der Waals surface area (Å²) in [6.07, 6.45) is 1.02. The summed E-state index contributed by atoms with van der Waals surface area (Å²) in [5.41, 5.74) is 0.161. The molecular formula is C10H9ClN2O4S. The van der Waals surface area contributed by atoms with Gasteiger partial charge in [0.1, 0.15) is 6.04 Å². The summed E-state index contributed by atoms with van der Waals surface area (Å²) in [5.74, 6) is -0.604. The molecule has 8 heteroatoms. The molecule has 96 valence electrons. The average molecular weight is 289 g/mol. The van der Waals surface area contributed by atoms with Gasteiger partial charge in [-0.2, -0.15) is 0 Å². The second-order valence-corrected chi connectivity index (χ2v) is 6.27. The van der Waals surface area contributed by atoms with Gasteiger partial charge in [0, 0.05) is 16.8 Å². The maximum atomic E-state index is 11.6. The molecule has 1 atom stereocenters. The standard InChI is InChI=1S/C10H9ClN2O4S/c1-18(16,17)7-3-2-5(11)4-6(7)8-9(14)13-10(15)12-8/h2-4,8H,1H3,(H2,12,13,14,15). The van der Waals surface area contributed by atoms with Crippen molar-refractivity contribution in [3.05, 3.63) is 28.8 Å². The van der Waals surface area contributed by atoms with Crippen molar-refractivity contribution in [2.45, 2.75) is 10.9 Å². The Morgan fingerprint density at radius 1 is 1.28 bits per heavy atom. The highest BCUT2D eigenvalue weighted by Gasteiger charge is 2.34. The van der Waals surface area contributed by atoms with Gasteiger partial charge in [-0.1, -0.05) is 11.6 Å². The molecule has 0 bridgehead atoms. The first-order chi connectivity index (χ1) is 8.29. The second-order valence-electron chi connectivity index (χ2n) is 3.85. The molecule has 6 nitrogen and oxygen atoms in total. The number of carbonyl (C=O) groups is 2. The first-order valence-corrected chi connectivity index (χ1v) is 7.17. The number of carbonyl (C=O) groups excluding carboxylic acids is 2. The van der Waals surface area contributed by atoms with E-state index in [1.165, 1.54) is 18.2 Å². The van der Waals surface area contributed by atoms with E-state index in [9.17, 15) is 18.0 Å². The van der Waals surface area contributed by atoms with Gasteiger partial charge < -0.3 is 5.32 Å². The van der Waals surface area contributed by atoms with Gasteiger partial charge >= 0.3 is 6.03 Å². The van der Waals surface area contributed by atoms with E-state index in [-0.39, 0.29) is 15.5 Å². The van der Waals surface area contributed by atoms with Crippen molar-refractivity contribution >= 4 is 33.4 Å². The Morgan fingerprint density at radius 2 is 1.94 bits per heavy atom. The molecule has 1 aliphatic rings. The molecule has 0 saturated carbocycles. The zero-order valence-electron chi connectivity index (χ0n) is 9.23. The van der Waals surface area contributed by atoms with Crippen LogP contribution in [0.15, 0.2) is 23.1 Å². The minimum atomic E-state index is -3.52. The number of hydrogen-bond acceptors (Lipinski definition) is 4. The molecule has 0 aliphatic carbocycles. The highest BCUT2D eigenvalue weighted by Crippen LogP contribution is 2.27. The van der Waals surface area contributed by atoms with Crippen LogP contribution in [0, 0.1) is 0 Å². The average Bonchev–Trinajstić information content (AvgIpc) is 2.55. The monoisotopic (exact) mass is 288 g/mol. The maximum absolute atomic E-state index is 11.6. The largest absolute Gasteiger partial charge is 0.322 e. The predicted molar refractivity (Wildman–Crippen MR) is 64.0 cm³/mol. The van der Waals surface area contributed by atoms with Crippen LogP contribution in [0.4, 0.5) is 4.79 Å². The van der Waals surface area contributed by atoms with Gasteiger partial charge in [0.25, 0.3) is 5.91 Å². The van der Waals surface area contributed by atoms with Crippen molar-refractivity contribution in [3.8, 4) is 0 Å². The van der Waals surface area contributed by atoms with E-state index >= 15 is 0 Å². The third kappa shape index (κ3) is 2.32. The number of urea groups is 1. The van der Waals surface area contributed by atoms with E-state index in [1.54, 1.807) is 0 Å². The van der Waals surface area contributed by atoms with Crippen molar-refractivity contribution in [3.63, 3.8) is 0 Å². The lowest BCUT2D eigenvalue weighted by molar-refractivity contribution is -0.120. The second kappa shape index (κ2) is 4.25. The van der Waals surface area contributed by atoms with Gasteiger partial charge in [0.05, 0.1) is 4.90 Å². The Bertz CT molecular complexity index is 641. The molecule has 1 aromatic rings. The molecule has 18 heavy (non-hydrogen) atoms. The fourth-order valence-corrected chi connectivity index (χ4v) is 2.82. The minimum absolute atomic E-state index is 0.0331. The van der Waals surface area contributed by atoms with Crippen LogP contribution >= 0.6 is 11.6 Å². The number of amides is 3. The van der Waals surface area contributed by atoms with Crippen LogP contribution in [-0.2, 0) is 14.6 Å². The van der Waals surface area contributed by atoms with E-state index in [2.05, 4.69) is 5.32 Å². The number of imide groups is 1. The van der Waals surface area contributed by atoms with Gasteiger partial charge in [-0.15, -0.1) is 0 Å². The van der Waals surface area contributed by atoms with Crippen LogP contribution in [0.3, 0.4) is 0 Å². The topological polar surface area (TPSA) is 92.3 Å². The molecule has 3 amide bonds. The lowest BCUT2D eigenvalue weighted by Crippen LogP contribution is -2.22. The third-order valence-corrected chi connectivity index (χ3v) is 3.86. The molecule has 1 heterocycles. The van der Waals surface area contributed by atoms with Crippen LogP contribution < -0.4 is 10.6 Å². The number of hydrogen-bond donors (Lipinski definition) is 2. The van der Waals surface area contributed by atoms with Crippen LogP contribution in [-0.4, -0.2) is 26.6 Å². The van der Waals surface area contributed by atoms with E-state index in [0.717, 1.165) is 6.26 Å². The number of nitrogens with one attached hydrogen (secondary N) is 2. The molecule has 1 saturated heterocycles. The summed E-state index contributed by atoms with van der Waals surface area (Å²) >= 11 is 5.79. The summed E-state index contributed by atoms with van der Waals surface area (Å²) < 4.78 is 23.2. The molecule has 1 unspecified atom stereocenters. The van der Waals surface area contributed by atoms with Gasteiger partial charge in [-0.3, -0.25) is 10.1 Å². The van der Waals surface area contributed by atoms with E-state index in [4.69, 9.17) is 11.6 Å². The SMILES string of the molecule is CS(=O)(=O)c1ccc(Cl)cc1C1NC(=O)NC1=O. The minimum Gasteiger partial charge on any atom is -0.322 e. The molecule has 0 aromatic heterocycles. The molecular weight excluding hydrogens is 280 g/mol. The van der Waals surface area contributed by atoms with E-state index in [1.807, 2.05) is 5.32 Å². The highest BCUT2D eigenvalue weighted by atomic mass is 35.5. The van der Waals surface area contributed by atoms with Crippen LogP contribution in [0.5, 0.6) is 0 Å². The number of sulfone groups is 1. The Balaban J connectivity index is 2.59. The van der Waals surface area contributed by atoms with Crippen molar-refractivity contribution in [1.29, 1.82) is 0 Å². The smallest absolute Gasteiger partial charge is 0.322 e. The number of rotatable bonds is 2.